The lowest BCUT2D eigenvalue weighted by molar-refractivity contribution is -0.0690. The zero-order valence-corrected chi connectivity index (χ0v) is 17.8. The first-order valence-corrected chi connectivity index (χ1v) is 12.7. The second-order valence-electron chi connectivity index (χ2n) is 6.30. The fourth-order valence-corrected chi connectivity index (χ4v) is 5.89. The molecule has 0 radical (unpaired) electrons. The third kappa shape index (κ3) is 5.80. The van der Waals surface area contributed by atoms with Gasteiger partial charge in [-0.15, -0.1) is 0 Å². The topological polar surface area (TPSA) is 245 Å². The summed E-state index contributed by atoms with van der Waals surface area (Å²) in [5, 5.41) is 23.2. The molecule has 0 aliphatic carbocycles. The number of rotatable bonds is 8. The zero-order valence-electron chi connectivity index (χ0n) is 15.1. The van der Waals surface area contributed by atoms with Gasteiger partial charge in [-0.05, 0) is 6.08 Å². The number of aliphatic hydroxyl groups excluding tert-OH is 2. The van der Waals surface area contributed by atoms with Crippen LogP contribution < -0.4 is 5.32 Å². The first-order valence-electron chi connectivity index (χ1n) is 8.21. The number of ether oxygens (including phenoxy) is 1. The standard InChI is InChI=1S/C11H18N3O14P3/c15-8-6(5-25-30(21,22)28-31(23,24)27-29(18,19)20)26-10(9(8)16)14-3-1-7-12-2-4-13(7)11(14)17/h1-4,6-10,12,15-16H,5H2,(H,21,22)(H,23,24)(H2,18,19,20)/t6-,7?,8-,9-,10-/m1/s1. The van der Waals surface area contributed by atoms with Crippen LogP contribution >= 0.6 is 23.5 Å². The van der Waals surface area contributed by atoms with E-state index in [1.165, 1.54) is 23.5 Å². The Morgan fingerprint density at radius 1 is 1.00 bits per heavy atom. The minimum atomic E-state index is -5.71. The zero-order chi connectivity index (χ0) is 23.2. The predicted octanol–water partition coefficient (Wildman–Crippen LogP) is -1.57. The number of fused-ring (bicyclic) bond motifs is 1. The lowest BCUT2D eigenvalue weighted by Gasteiger charge is -2.35. The summed E-state index contributed by atoms with van der Waals surface area (Å²) in [6.45, 7) is -0.988. The monoisotopic (exact) mass is 509 g/mol. The number of hydrogen-bond donors (Lipinski definition) is 7. The highest BCUT2D eigenvalue weighted by Crippen LogP contribution is 2.66. The van der Waals surface area contributed by atoms with Gasteiger partial charge in [-0.3, -0.25) is 14.3 Å². The fourth-order valence-electron chi connectivity index (χ4n) is 2.86. The third-order valence-electron chi connectivity index (χ3n) is 4.10. The van der Waals surface area contributed by atoms with Crippen molar-refractivity contribution in [3.63, 3.8) is 0 Å². The average Bonchev–Trinajstić information content (AvgIpc) is 3.17. The van der Waals surface area contributed by atoms with E-state index in [0.717, 1.165) is 4.90 Å². The molecule has 31 heavy (non-hydrogen) atoms. The highest BCUT2D eigenvalue weighted by Gasteiger charge is 2.50. The number of carbonyl (C=O) groups excluding carboxylic acids is 1. The number of nitrogens with zero attached hydrogens (tertiary/aromatic N) is 2. The van der Waals surface area contributed by atoms with Crippen molar-refractivity contribution in [2.24, 2.45) is 0 Å². The second-order valence-corrected chi connectivity index (χ2v) is 10.7. The van der Waals surface area contributed by atoms with Gasteiger partial charge in [-0.2, -0.15) is 8.62 Å². The normalized spacial score (nSPS) is 34.4. The molecular formula is C11H18N3O14P3. The number of phosphoric ester groups is 1. The summed E-state index contributed by atoms with van der Waals surface area (Å²) in [5.41, 5.74) is 0. The van der Waals surface area contributed by atoms with Gasteiger partial charge in [0.05, 0.1) is 6.61 Å². The van der Waals surface area contributed by atoms with Crippen molar-refractivity contribution in [1.82, 2.24) is 15.1 Å². The van der Waals surface area contributed by atoms with Crippen LogP contribution in [0, 0.1) is 0 Å². The van der Waals surface area contributed by atoms with Crippen LogP contribution in [0.2, 0.25) is 0 Å². The van der Waals surface area contributed by atoms with Crippen molar-refractivity contribution < 1.29 is 66.2 Å². The molecular weight excluding hydrogens is 491 g/mol. The van der Waals surface area contributed by atoms with Crippen molar-refractivity contribution in [1.29, 1.82) is 0 Å². The highest BCUT2D eigenvalue weighted by molar-refractivity contribution is 7.66. The molecule has 7 atom stereocenters. The molecule has 2 amide bonds. The smallest absolute Gasteiger partial charge is 0.387 e. The predicted molar refractivity (Wildman–Crippen MR) is 94.8 cm³/mol. The molecule has 3 unspecified atom stereocenters. The van der Waals surface area contributed by atoms with Crippen molar-refractivity contribution in [3.8, 4) is 0 Å². The van der Waals surface area contributed by atoms with Crippen molar-refractivity contribution in [2.75, 3.05) is 6.61 Å². The molecule has 0 spiro atoms. The number of carbonyl (C=O) groups is 1. The van der Waals surface area contributed by atoms with Crippen LogP contribution in [0.25, 0.3) is 0 Å². The van der Waals surface area contributed by atoms with E-state index in [1.807, 2.05) is 0 Å². The van der Waals surface area contributed by atoms with Crippen LogP contribution in [0.15, 0.2) is 24.7 Å². The summed E-state index contributed by atoms with van der Waals surface area (Å²) < 4.78 is 50.5. The molecule has 1 saturated heterocycles. The number of phosphoric acid groups is 3. The number of hydrogen-bond acceptors (Lipinski definition) is 11. The van der Waals surface area contributed by atoms with Crippen LogP contribution in [-0.4, -0.2) is 82.9 Å². The molecule has 0 bridgehead atoms. The summed E-state index contributed by atoms with van der Waals surface area (Å²) in [5.74, 6) is 0. The van der Waals surface area contributed by atoms with Crippen LogP contribution in [-0.2, 0) is 31.6 Å². The van der Waals surface area contributed by atoms with Gasteiger partial charge in [0.2, 0.25) is 0 Å². The van der Waals surface area contributed by atoms with E-state index in [0.29, 0.717) is 0 Å². The van der Waals surface area contributed by atoms with E-state index in [-0.39, 0.29) is 0 Å². The highest BCUT2D eigenvalue weighted by atomic mass is 31.3. The minimum Gasteiger partial charge on any atom is -0.387 e. The SMILES string of the molecule is O=C1N2C=CNC2C=CN1[C@@H]1O[C@H](COP(=O)(O)OP(=O)(O)OP(=O)(O)O)[C@@H](O)[C@H]1O. The molecule has 176 valence electrons. The summed E-state index contributed by atoms with van der Waals surface area (Å²) in [4.78, 5) is 50.3. The van der Waals surface area contributed by atoms with E-state index in [2.05, 4.69) is 18.5 Å². The lowest BCUT2D eigenvalue weighted by Crippen LogP contribution is -2.53. The largest absolute Gasteiger partial charge is 0.490 e. The molecule has 3 aliphatic rings. The Morgan fingerprint density at radius 2 is 1.68 bits per heavy atom. The number of amides is 2. The molecule has 3 rings (SSSR count). The lowest BCUT2D eigenvalue weighted by atomic mass is 10.1. The van der Waals surface area contributed by atoms with Gasteiger partial charge < -0.3 is 39.8 Å². The van der Waals surface area contributed by atoms with Crippen LogP contribution in [0.3, 0.4) is 0 Å². The maximum atomic E-state index is 12.5. The van der Waals surface area contributed by atoms with Crippen molar-refractivity contribution in [2.45, 2.75) is 30.7 Å². The molecule has 3 heterocycles. The number of nitrogens with one attached hydrogen (secondary N) is 1. The summed E-state index contributed by atoms with van der Waals surface area (Å²) in [6.07, 6.45) is -0.926. The Kier molecular flexibility index (Phi) is 6.83. The third-order valence-corrected chi connectivity index (χ3v) is 7.90. The van der Waals surface area contributed by atoms with E-state index < -0.39 is 66.8 Å². The van der Waals surface area contributed by atoms with Crippen LogP contribution in [0.5, 0.6) is 0 Å². The van der Waals surface area contributed by atoms with Crippen LogP contribution in [0.4, 0.5) is 4.79 Å². The Morgan fingerprint density at radius 3 is 2.32 bits per heavy atom. The van der Waals surface area contributed by atoms with Gasteiger partial charge in [-0.25, -0.2) is 18.5 Å². The molecule has 3 aliphatic heterocycles. The maximum Gasteiger partial charge on any atom is 0.490 e. The quantitative estimate of drug-likeness (QED) is 0.183. The number of urea groups is 1. The van der Waals surface area contributed by atoms with Gasteiger partial charge in [0.25, 0.3) is 0 Å². The van der Waals surface area contributed by atoms with Crippen LogP contribution in [0.1, 0.15) is 0 Å². The Balaban J connectivity index is 1.62. The molecule has 1 fully saturated rings. The van der Waals surface area contributed by atoms with E-state index >= 15 is 0 Å². The Labute approximate surface area is 173 Å². The van der Waals surface area contributed by atoms with E-state index in [9.17, 15) is 33.6 Å². The van der Waals surface area contributed by atoms with Crippen molar-refractivity contribution in [3.05, 3.63) is 24.7 Å². The second kappa shape index (κ2) is 8.65. The van der Waals surface area contributed by atoms with E-state index in [1.54, 1.807) is 6.08 Å². The first kappa shape index (κ1) is 24.5. The summed E-state index contributed by atoms with van der Waals surface area (Å²) in [7, 11) is -16.7. The first-order chi connectivity index (χ1) is 14.2. The Hall–Kier alpha value is -1.16. The number of aliphatic hydroxyl groups is 2. The fraction of sp³-hybridized carbons (Fsp3) is 0.545. The van der Waals surface area contributed by atoms with Gasteiger partial charge >= 0.3 is 29.5 Å². The molecule has 17 nitrogen and oxygen atoms in total. The molecule has 7 N–H and O–H groups in total. The van der Waals surface area contributed by atoms with E-state index in [4.69, 9.17) is 19.4 Å². The molecule has 20 heteroatoms. The van der Waals surface area contributed by atoms with Gasteiger partial charge in [0.1, 0.15) is 24.5 Å². The van der Waals surface area contributed by atoms with Gasteiger partial charge in [0.15, 0.2) is 6.23 Å². The molecule has 0 saturated carbocycles. The minimum absolute atomic E-state index is 0.437. The molecule has 0 aromatic rings. The van der Waals surface area contributed by atoms with Gasteiger partial charge in [0, 0.05) is 18.6 Å². The summed E-state index contributed by atoms with van der Waals surface area (Å²) >= 11 is 0. The Bertz CT molecular complexity index is 920. The molecule has 0 aromatic heterocycles. The van der Waals surface area contributed by atoms with Crippen molar-refractivity contribution >= 4 is 29.5 Å². The van der Waals surface area contributed by atoms with Gasteiger partial charge in [-0.1, -0.05) is 0 Å². The summed E-state index contributed by atoms with van der Waals surface area (Å²) in [6, 6.07) is -0.612. The average molecular weight is 509 g/mol. The molecule has 0 aromatic carbocycles. The maximum absolute atomic E-state index is 12.5.